The Morgan fingerprint density at radius 2 is 2.19 bits per heavy atom. The maximum absolute atomic E-state index is 11.0. The number of hydrogen-bond acceptors (Lipinski definition) is 4. The number of carbonyl (C=O) groups excluding carboxylic acids is 1. The molecule has 0 atom stereocenters. The van der Waals surface area contributed by atoms with Gasteiger partial charge in [-0.15, -0.1) is 0 Å². The molecule has 5 heteroatoms. The van der Waals surface area contributed by atoms with E-state index < -0.39 is 0 Å². The average molecular weight is 218 g/mol. The van der Waals surface area contributed by atoms with Gasteiger partial charge in [-0.1, -0.05) is 6.07 Å². The molecule has 0 spiro atoms. The fourth-order valence-electron chi connectivity index (χ4n) is 1.79. The second-order valence-corrected chi connectivity index (χ2v) is 3.75. The van der Waals surface area contributed by atoms with E-state index in [9.17, 15) is 4.79 Å². The molecule has 0 unspecified atom stereocenters. The summed E-state index contributed by atoms with van der Waals surface area (Å²) in [5.74, 6) is 1.48. The van der Waals surface area contributed by atoms with Crippen molar-refractivity contribution >= 4 is 11.6 Å². The topological polar surface area (TPSA) is 59.9 Å². The van der Waals surface area contributed by atoms with Crippen molar-refractivity contribution in [1.82, 2.24) is 5.43 Å². The lowest BCUT2D eigenvalue weighted by Crippen LogP contribution is -2.09. The van der Waals surface area contributed by atoms with Gasteiger partial charge < -0.3 is 9.47 Å². The third-order valence-corrected chi connectivity index (χ3v) is 2.55. The highest BCUT2D eigenvalue weighted by atomic mass is 16.7. The first kappa shape index (κ1) is 9.21. The third-order valence-electron chi connectivity index (χ3n) is 2.55. The van der Waals surface area contributed by atoms with Crippen LogP contribution in [0.1, 0.15) is 12.0 Å². The minimum absolute atomic E-state index is 0.0456. The number of benzene rings is 1. The molecule has 1 N–H and O–H groups in total. The van der Waals surface area contributed by atoms with Crippen LogP contribution in [-0.4, -0.2) is 18.4 Å². The van der Waals surface area contributed by atoms with Gasteiger partial charge in [0, 0.05) is 6.42 Å². The standard InChI is InChI=1S/C11H10N2O3/c14-11-5-8(12-13-11)3-7-1-2-9-10(4-7)16-6-15-9/h1-2,4H,3,5-6H2,(H,13,14). The largest absolute Gasteiger partial charge is 0.454 e. The van der Waals surface area contributed by atoms with Crippen molar-refractivity contribution in [3.63, 3.8) is 0 Å². The molecule has 0 fully saturated rings. The molecular formula is C11H10N2O3. The molecule has 3 rings (SSSR count). The molecule has 0 saturated heterocycles. The van der Waals surface area contributed by atoms with Crippen molar-refractivity contribution in [2.45, 2.75) is 12.8 Å². The van der Waals surface area contributed by atoms with Crippen molar-refractivity contribution in [2.75, 3.05) is 6.79 Å². The van der Waals surface area contributed by atoms with E-state index in [-0.39, 0.29) is 12.7 Å². The van der Waals surface area contributed by atoms with Crippen LogP contribution in [0.3, 0.4) is 0 Å². The van der Waals surface area contributed by atoms with Crippen molar-refractivity contribution in [2.24, 2.45) is 5.10 Å². The van der Waals surface area contributed by atoms with Gasteiger partial charge in [-0.2, -0.15) is 5.10 Å². The van der Waals surface area contributed by atoms with Gasteiger partial charge in [-0.3, -0.25) is 4.79 Å². The number of amides is 1. The maximum Gasteiger partial charge on any atom is 0.245 e. The lowest BCUT2D eigenvalue weighted by Gasteiger charge is -2.01. The molecule has 0 saturated carbocycles. The van der Waals surface area contributed by atoms with E-state index in [1.807, 2.05) is 18.2 Å². The van der Waals surface area contributed by atoms with Crippen LogP contribution >= 0.6 is 0 Å². The van der Waals surface area contributed by atoms with Crippen LogP contribution in [0.2, 0.25) is 0 Å². The first-order valence-corrected chi connectivity index (χ1v) is 5.04. The van der Waals surface area contributed by atoms with Crippen LogP contribution in [0, 0.1) is 0 Å². The van der Waals surface area contributed by atoms with Crippen LogP contribution in [0.15, 0.2) is 23.3 Å². The molecule has 2 aliphatic rings. The zero-order valence-corrected chi connectivity index (χ0v) is 8.53. The van der Waals surface area contributed by atoms with Gasteiger partial charge in [0.2, 0.25) is 12.7 Å². The molecule has 1 aromatic carbocycles. The van der Waals surface area contributed by atoms with Gasteiger partial charge in [0.15, 0.2) is 11.5 Å². The lowest BCUT2D eigenvalue weighted by molar-refractivity contribution is -0.119. The van der Waals surface area contributed by atoms with Gasteiger partial charge >= 0.3 is 0 Å². The summed E-state index contributed by atoms with van der Waals surface area (Å²) in [6.07, 6.45) is 1.05. The second-order valence-electron chi connectivity index (χ2n) is 3.75. The Balaban J connectivity index is 1.78. The van der Waals surface area contributed by atoms with Crippen molar-refractivity contribution in [1.29, 1.82) is 0 Å². The summed E-state index contributed by atoms with van der Waals surface area (Å²) in [4.78, 5) is 11.0. The summed E-state index contributed by atoms with van der Waals surface area (Å²) in [6, 6.07) is 5.76. The molecule has 0 bridgehead atoms. The van der Waals surface area contributed by atoms with Crippen LogP contribution in [-0.2, 0) is 11.2 Å². The molecule has 1 aromatic rings. The van der Waals surface area contributed by atoms with Gasteiger partial charge in [0.05, 0.1) is 12.1 Å². The molecule has 2 heterocycles. The zero-order valence-electron chi connectivity index (χ0n) is 8.53. The molecular weight excluding hydrogens is 208 g/mol. The predicted molar refractivity (Wildman–Crippen MR) is 56.5 cm³/mol. The minimum Gasteiger partial charge on any atom is -0.454 e. The third kappa shape index (κ3) is 1.60. The van der Waals surface area contributed by atoms with Crippen LogP contribution < -0.4 is 14.9 Å². The highest BCUT2D eigenvalue weighted by molar-refractivity contribution is 6.05. The Kier molecular flexibility index (Phi) is 2.02. The van der Waals surface area contributed by atoms with E-state index in [1.54, 1.807) is 0 Å². The number of carbonyl (C=O) groups is 1. The molecule has 5 nitrogen and oxygen atoms in total. The second kappa shape index (κ2) is 3.52. The van der Waals surface area contributed by atoms with Crippen LogP contribution in [0.4, 0.5) is 0 Å². The Bertz CT molecular complexity index is 482. The quantitative estimate of drug-likeness (QED) is 0.800. The van der Waals surface area contributed by atoms with Crippen molar-refractivity contribution < 1.29 is 14.3 Å². The molecule has 0 aromatic heterocycles. The monoisotopic (exact) mass is 218 g/mol. The summed E-state index contributed by atoms with van der Waals surface area (Å²) in [5, 5.41) is 3.95. The first-order chi connectivity index (χ1) is 7.81. The normalized spacial score (nSPS) is 17.2. The van der Waals surface area contributed by atoms with Gasteiger partial charge in [0.25, 0.3) is 0 Å². The molecule has 0 aliphatic carbocycles. The van der Waals surface area contributed by atoms with Gasteiger partial charge in [-0.05, 0) is 17.7 Å². The molecule has 0 radical (unpaired) electrons. The summed E-state index contributed by atoms with van der Waals surface area (Å²) in [7, 11) is 0. The zero-order chi connectivity index (χ0) is 11.0. The van der Waals surface area contributed by atoms with E-state index >= 15 is 0 Å². The highest BCUT2D eigenvalue weighted by Gasteiger charge is 2.17. The predicted octanol–water partition coefficient (Wildman–Crippen LogP) is 0.834. The Hall–Kier alpha value is -2.04. The Morgan fingerprint density at radius 3 is 3.00 bits per heavy atom. The van der Waals surface area contributed by atoms with E-state index in [4.69, 9.17) is 9.47 Å². The highest BCUT2D eigenvalue weighted by Crippen LogP contribution is 2.32. The lowest BCUT2D eigenvalue weighted by atomic mass is 10.1. The number of nitrogens with zero attached hydrogens (tertiary/aromatic N) is 1. The fourth-order valence-corrected chi connectivity index (χ4v) is 1.79. The maximum atomic E-state index is 11.0. The SMILES string of the molecule is O=C1CC(Cc2ccc3c(c2)OCO3)=NN1. The smallest absolute Gasteiger partial charge is 0.245 e. The van der Waals surface area contributed by atoms with Crippen molar-refractivity contribution in [3.05, 3.63) is 23.8 Å². The summed E-state index contributed by atoms with van der Waals surface area (Å²) in [5.41, 5.74) is 4.36. The number of rotatable bonds is 2. The number of fused-ring (bicyclic) bond motifs is 1. The molecule has 16 heavy (non-hydrogen) atoms. The van der Waals surface area contributed by atoms with Crippen LogP contribution in [0.5, 0.6) is 11.5 Å². The summed E-state index contributed by atoms with van der Waals surface area (Å²) in [6.45, 7) is 0.278. The summed E-state index contributed by atoms with van der Waals surface area (Å²) >= 11 is 0. The Morgan fingerprint density at radius 1 is 1.31 bits per heavy atom. The van der Waals surface area contributed by atoms with Gasteiger partial charge in [-0.25, -0.2) is 5.43 Å². The number of nitrogens with one attached hydrogen (secondary N) is 1. The van der Waals surface area contributed by atoms with E-state index in [0.717, 1.165) is 22.8 Å². The van der Waals surface area contributed by atoms with E-state index in [0.29, 0.717) is 12.8 Å². The number of hydrazone groups is 1. The summed E-state index contributed by atoms with van der Waals surface area (Å²) < 4.78 is 10.5. The van der Waals surface area contributed by atoms with Crippen molar-refractivity contribution in [3.8, 4) is 11.5 Å². The fraction of sp³-hybridized carbons (Fsp3) is 0.273. The number of ether oxygens (including phenoxy) is 2. The molecule has 2 aliphatic heterocycles. The van der Waals surface area contributed by atoms with E-state index in [1.165, 1.54) is 0 Å². The van der Waals surface area contributed by atoms with Gasteiger partial charge in [0.1, 0.15) is 0 Å². The minimum atomic E-state index is -0.0456. The Labute approximate surface area is 92.0 Å². The first-order valence-electron chi connectivity index (χ1n) is 5.04. The van der Waals surface area contributed by atoms with Crippen LogP contribution in [0.25, 0.3) is 0 Å². The molecule has 82 valence electrons. The molecule has 1 amide bonds. The average Bonchev–Trinajstić information content (AvgIpc) is 2.87. The number of hydrogen-bond donors (Lipinski definition) is 1. The van der Waals surface area contributed by atoms with E-state index in [2.05, 4.69) is 10.5 Å².